The van der Waals surface area contributed by atoms with E-state index < -0.39 is 0 Å². The van der Waals surface area contributed by atoms with Gasteiger partial charge in [-0.2, -0.15) is 0 Å². The van der Waals surface area contributed by atoms with Crippen molar-refractivity contribution in [2.75, 3.05) is 0 Å². The van der Waals surface area contributed by atoms with Gasteiger partial charge in [-0.05, 0) is 37.0 Å². The molecule has 0 fully saturated rings. The van der Waals surface area contributed by atoms with Crippen LogP contribution >= 0.6 is 11.6 Å². The van der Waals surface area contributed by atoms with Crippen LogP contribution < -0.4 is 5.73 Å². The zero-order valence-corrected chi connectivity index (χ0v) is 11.9. The maximum atomic E-state index is 6.10. The summed E-state index contributed by atoms with van der Waals surface area (Å²) in [4.78, 5) is 0. The Labute approximate surface area is 114 Å². The lowest BCUT2D eigenvalue weighted by Crippen LogP contribution is -2.21. The summed E-state index contributed by atoms with van der Waals surface area (Å²) >= 11 is 6.10. The van der Waals surface area contributed by atoms with E-state index in [-0.39, 0.29) is 6.04 Å². The van der Waals surface area contributed by atoms with E-state index in [1.165, 1.54) is 16.5 Å². The Morgan fingerprint density at radius 2 is 2.11 bits per heavy atom. The van der Waals surface area contributed by atoms with Gasteiger partial charge in [-0.3, -0.25) is 0 Å². The van der Waals surface area contributed by atoms with Crippen molar-refractivity contribution in [1.82, 2.24) is 4.57 Å². The first-order valence-electron chi connectivity index (χ1n) is 6.68. The van der Waals surface area contributed by atoms with Crippen molar-refractivity contribution in [2.45, 2.75) is 45.7 Å². The third kappa shape index (κ3) is 2.70. The molecule has 0 saturated heterocycles. The normalized spacial score (nSPS) is 13.1. The molecule has 0 spiro atoms. The summed E-state index contributed by atoms with van der Waals surface area (Å²) in [5.41, 5.74) is 8.64. The number of nitrogens with zero attached hydrogens (tertiary/aromatic N) is 1. The maximum absolute atomic E-state index is 6.10. The Bertz CT molecular complexity index is 531. The van der Waals surface area contributed by atoms with E-state index in [4.69, 9.17) is 17.3 Å². The summed E-state index contributed by atoms with van der Waals surface area (Å²) in [7, 11) is 0. The van der Waals surface area contributed by atoms with Crippen molar-refractivity contribution in [3.05, 3.63) is 35.0 Å². The highest BCUT2D eigenvalue weighted by Gasteiger charge is 2.11. The van der Waals surface area contributed by atoms with Gasteiger partial charge in [-0.1, -0.05) is 31.5 Å². The molecule has 0 aliphatic heterocycles. The van der Waals surface area contributed by atoms with Gasteiger partial charge in [-0.25, -0.2) is 0 Å². The van der Waals surface area contributed by atoms with Crippen LogP contribution in [0.5, 0.6) is 0 Å². The molecule has 98 valence electrons. The van der Waals surface area contributed by atoms with Crippen LogP contribution in [0.25, 0.3) is 10.9 Å². The standard InChI is InChI=1S/C15H21ClN2/c1-3-7-18-10-11(8-13(17)4-2)14-6-5-12(16)9-15(14)18/h5-6,9-10,13H,3-4,7-8,17H2,1-2H3. The molecule has 1 atom stereocenters. The van der Waals surface area contributed by atoms with Gasteiger partial charge < -0.3 is 10.3 Å². The average Bonchev–Trinajstić information content (AvgIpc) is 2.67. The average molecular weight is 265 g/mol. The van der Waals surface area contributed by atoms with Crippen LogP contribution in [-0.2, 0) is 13.0 Å². The molecule has 18 heavy (non-hydrogen) atoms. The molecule has 2 aromatic rings. The zero-order chi connectivity index (χ0) is 13.1. The fraction of sp³-hybridized carbons (Fsp3) is 0.467. The smallest absolute Gasteiger partial charge is 0.0498 e. The number of fused-ring (bicyclic) bond motifs is 1. The lowest BCUT2D eigenvalue weighted by Gasteiger charge is -2.06. The Balaban J connectivity index is 2.46. The molecule has 2 rings (SSSR count). The first-order valence-corrected chi connectivity index (χ1v) is 7.06. The Kier molecular flexibility index (Phi) is 4.31. The topological polar surface area (TPSA) is 30.9 Å². The second-order valence-electron chi connectivity index (χ2n) is 4.88. The minimum Gasteiger partial charge on any atom is -0.347 e. The predicted molar refractivity (Wildman–Crippen MR) is 79.2 cm³/mol. The maximum Gasteiger partial charge on any atom is 0.0498 e. The first kappa shape index (κ1) is 13.4. The molecule has 2 N–H and O–H groups in total. The van der Waals surface area contributed by atoms with Gasteiger partial charge in [0.1, 0.15) is 0 Å². The lowest BCUT2D eigenvalue weighted by molar-refractivity contribution is 0.643. The molecule has 0 amide bonds. The number of nitrogens with two attached hydrogens (primary N) is 1. The first-order chi connectivity index (χ1) is 8.65. The van der Waals surface area contributed by atoms with Gasteiger partial charge in [0.05, 0.1) is 0 Å². The summed E-state index contributed by atoms with van der Waals surface area (Å²) in [6.07, 6.45) is 5.30. The molecular weight excluding hydrogens is 244 g/mol. The number of hydrogen-bond acceptors (Lipinski definition) is 1. The van der Waals surface area contributed by atoms with Gasteiger partial charge in [0.2, 0.25) is 0 Å². The summed E-state index contributed by atoms with van der Waals surface area (Å²) in [6, 6.07) is 6.36. The van der Waals surface area contributed by atoms with Crippen LogP contribution in [-0.4, -0.2) is 10.6 Å². The largest absolute Gasteiger partial charge is 0.347 e. The molecule has 0 aliphatic rings. The highest BCUT2D eigenvalue weighted by Crippen LogP contribution is 2.26. The fourth-order valence-electron chi connectivity index (χ4n) is 2.36. The minimum absolute atomic E-state index is 0.237. The SMILES string of the molecule is CCCn1cc(CC(N)CC)c2ccc(Cl)cc21. The monoisotopic (exact) mass is 264 g/mol. The highest BCUT2D eigenvalue weighted by atomic mass is 35.5. The molecule has 0 saturated carbocycles. The summed E-state index contributed by atoms with van der Waals surface area (Å²) in [5.74, 6) is 0. The molecule has 0 bridgehead atoms. The quantitative estimate of drug-likeness (QED) is 0.870. The second-order valence-corrected chi connectivity index (χ2v) is 5.32. The number of hydrogen-bond donors (Lipinski definition) is 1. The van der Waals surface area contributed by atoms with Crippen LogP contribution in [0.1, 0.15) is 32.3 Å². The van der Waals surface area contributed by atoms with E-state index in [9.17, 15) is 0 Å². The molecule has 1 aromatic carbocycles. The van der Waals surface area contributed by atoms with Crippen LogP contribution in [0.2, 0.25) is 5.02 Å². The number of aryl methyl sites for hydroxylation is 1. The highest BCUT2D eigenvalue weighted by molar-refractivity contribution is 6.31. The van der Waals surface area contributed by atoms with E-state index in [0.29, 0.717) is 0 Å². The van der Waals surface area contributed by atoms with E-state index in [1.807, 2.05) is 12.1 Å². The molecular formula is C15H21ClN2. The van der Waals surface area contributed by atoms with Crippen molar-refractivity contribution < 1.29 is 0 Å². The fourth-order valence-corrected chi connectivity index (χ4v) is 2.52. The van der Waals surface area contributed by atoms with Crippen LogP contribution in [0.3, 0.4) is 0 Å². The van der Waals surface area contributed by atoms with Crippen LogP contribution in [0.15, 0.2) is 24.4 Å². The Morgan fingerprint density at radius 3 is 2.78 bits per heavy atom. The van der Waals surface area contributed by atoms with E-state index in [2.05, 4.69) is 30.7 Å². The second kappa shape index (κ2) is 5.77. The van der Waals surface area contributed by atoms with E-state index in [0.717, 1.165) is 30.8 Å². The summed E-state index contributed by atoms with van der Waals surface area (Å²) in [6.45, 7) is 5.35. The number of halogens is 1. The Morgan fingerprint density at radius 1 is 1.33 bits per heavy atom. The number of aromatic nitrogens is 1. The van der Waals surface area contributed by atoms with Crippen LogP contribution in [0.4, 0.5) is 0 Å². The Hall–Kier alpha value is -0.990. The third-order valence-electron chi connectivity index (χ3n) is 3.40. The molecule has 2 nitrogen and oxygen atoms in total. The van der Waals surface area contributed by atoms with Gasteiger partial charge >= 0.3 is 0 Å². The molecule has 1 unspecified atom stereocenters. The van der Waals surface area contributed by atoms with Crippen molar-refractivity contribution >= 4 is 22.5 Å². The minimum atomic E-state index is 0.237. The van der Waals surface area contributed by atoms with Crippen molar-refractivity contribution in [3.63, 3.8) is 0 Å². The predicted octanol–water partition coefficient (Wildman–Crippen LogP) is 3.98. The van der Waals surface area contributed by atoms with Gasteiger partial charge in [0.25, 0.3) is 0 Å². The summed E-state index contributed by atoms with van der Waals surface area (Å²) < 4.78 is 2.29. The molecule has 1 heterocycles. The van der Waals surface area contributed by atoms with Crippen molar-refractivity contribution in [1.29, 1.82) is 0 Å². The zero-order valence-electron chi connectivity index (χ0n) is 11.1. The number of rotatable bonds is 5. The molecule has 0 radical (unpaired) electrons. The molecule has 1 aromatic heterocycles. The van der Waals surface area contributed by atoms with Gasteiger partial charge in [0.15, 0.2) is 0 Å². The lowest BCUT2D eigenvalue weighted by atomic mass is 10.0. The van der Waals surface area contributed by atoms with Crippen LogP contribution in [0, 0.1) is 0 Å². The van der Waals surface area contributed by atoms with E-state index >= 15 is 0 Å². The number of benzene rings is 1. The molecule has 0 aliphatic carbocycles. The summed E-state index contributed by atoms with van der Waals surface area (Å²) in [5, 5.41) is 2.08. The van der Waals surface area contributed by atoms with Gasteiger partial charge in [-0.15, -0.1) is 0 Å². The van der Waals surface area contributed by atoms with Crippen molar-refractivity contribution in [3.8, 4) is 0 Å². The molecule has 3 heteroatoms. The third-order valence-corrected chi connectivity index (χ3v) is 3.63. The van der Waals surface area contributed by atoms with E-state index in [1.54, 1.807) is 0 Å². The van der Waals surface area contributed by atoms with Crippen molar-refractivity contribution in [2.24, 2.45) is 5.73 Å². The van der Waals surface area contributed by atoms with Gasteiger partial charge in [0, 0.05) is 34.7 Å².